The summed E-state index contributed by atoms with van der Waals surface area (Å²) >= 11 is 1.51. The monoisotopic (exact) mass is 262 g/mol. The maximum Gasteiger partial charge on any atom is 0.134 e. The molecule has 1 aromatic heterocycles. The van der Waals surface area contributed by atoms with E-state index in [2.05, 4.69) is 10.7 Å². The SMILES string of the molecule is [NH3+][C@@H](CSCc1ccc2ccccc2n1)C(=O)[O-]. The van der Waals surface area contributed by atoms with Gasteiger partial charge < -0.3 is 15.6 Å². The first-order valence-electron chi connectivity index (χ1n) is 5.63. The first kappa shape index (κ1) is 12.9. The fraction of sp³-hybridized carbons (Fsp3) is 0.231. The van der Waals surface area contributed by atoms with E-state index >= 15 is 0 Å². The average Bonchev–Trinajstić information content (AvgIpc) is 2.38. The van der Waals surface area contributed by atoms with Crippen LogP contribution in [0.2, 0.25) is 0 Å². The minimum atomic E-state index is -1.10. The van der Waals surface area contributed by atoms with Gasteiger partial charge in [0.05, 0.1) is 22.9 Å². The van der Waals surface area contributed by atoms with Crippen LogP contribution in [-0.2, 0) is 10.5 Å². The lowest BCUT2D eigenvalue weighted by Crippen LogP contribution is -2.69. The lowest BCUT2D eigenvalue weighted by atomic mass is 10.2. The van der Waals surface area contributed by atoms with Crippen molar-refractivity contribution < 1.29 is 15.6 Å². The number of aliphatic carboxylic acids is 1. The fourth-order valence-corrected chi connectivity index (χ4v) is 2.47. The van der Waals surface area contributed by atoms with Gasteiger partial charge in [0.2, 0.25) is 0 Å². The van der Waals surface area contributed by atoms with Gasteiger partial charge in [-0.2, -0.15) is 0 Å². The maximum atomic E-state index is 10.5. The molecule has 0 aliphatic rings. The lowest BCUT2D eigenvalue weighted by molar-refractivity contribution is -0.431. The van der Waals surface area contributed by atoms with E-state index in [4.69, 9.17) is 0 Å². The number of fused-ring (bicyclic) bond motifs is 1. The molecule has 0 amide bonds. The molecule has 0 aliphatic carbocycles. The molecule has 0 fully saturated rings. The van der Waals surface area contributed by atoms with Crippen LogP contribution in [0.4, 0.5) is 0 Å². The first-order chi connectivity index (χ1) is 8.66. The number of rotatable bonds is 5. The zero-order chi connectivity index (χ0) is 13.0. The van der Waals surface area contributed by atoms with Gasteiger partial charge in [-0.1, -0.05) is 24.3 Å². The molecule has 0 saturated heterocycles. The maximum absolute atomic E-state index is 10.5. The second-order valence-corrected chi connectivity index (χ2v) is 5.06. The highest BCUT2D eigenvalue weighted by Gasteiger charge is 2.07. The molecule has 2 rings (SSSR count). The Morgan fingerprint density at radius 1 is 1.33 bits per heavy atom. The van der Waals surface area contributed by atoms with Gasteiger partial charge in [-0.3, -0.25) is 4.98 Å². The molecular weight excluding hydrogens is 248 g/mol. The number of para-hydroxylation sites is 1. The van der Waals surface area contributed by atoms with Crippen molar-refractivity contribution in [3.05, 3.63) is 42.1 Å². The number of carboxylic acid groups (broad SMARTS) is 1. The van der Waals surface area contributed by atoms with Crippen LogP contribution in [-0.4, -0.2) is 22.7 Å². The minimum Gasteiger partial charge on any atom is -0.544 e. The van der Waals surface area contributed by atoms with E-state index in [1.165, 1.54) is 11.8 Å². The molecule has 1 aromatic carbocycles. The second-order valence-electron chi connectivity index (χ2n) is 4.03. The Bertz CT molecular complexity index is 559. The van der Waals surface area contributed by atoms with Crippen molar-refractivity contribution in [2.24, 2.45) is 0 Å². The highest BCUT2D eigenvalue weighted by molar-refractivity contribution is 7.98. The van der Waals surface area contributed by atoms with Crippen LogP contribution in [0.3, 0.4) is 0 Å². The van der Waals surface area contributed by atoms with Crippen LogP contribution < -0.4 is 10.8 Å². The quantitative estimate of drug-likeness (QED) is 0.811. The van der Waals surface area contributed by atoms with Crippen molar-refractivity contribution in [1.29, 1.82) is 0 Å². The average molecular weight is 262 g/mol. The molecule has 3 N–H and O–H groups in total. The van der Waals surface area contributed by atoms with E-state index in [-0.39, 0.29) is 0 Å². The summed E-state index contributed by atoms with van der Waals surface area (Å²) in [5, 5.41) is 11.6. The predicted molar refractivity (Wildman–Crippen MR) is 69.6 cm³/mol. The van der Waals surface area contributed by atoms with Crippen molar-refractivity contribution in [2.45, 2.75) is 11.8 Å². The fourth-order valence-electron chi connectivity index (χ4n) is 1.56. The second kappa shape index (κ2) is 5.84. The minimum absolute atomic E-state index is 0.441. The first-order valence-corrected chi connectivity index (χ1v) is 6.78. The molecule has 0 bridgehead atoms. The number of carbonyl (C=O) groups excluding carboxylic acids is 1. The van der Waals surface area contributed by atoms with Crippen molar-refractivity contribution in [1.82, 2.24) is 4.98 Å². The van der Waals surface area contributed by atoms with Gasteiger partial charge in [-0.15, -0.1) is 11.8 Å². The number of nitrogens with zero attached hydrogens (tertiary/aromatic N) is 1. The van der Waals surface area contributed by atoms with E-state index in [1.54, 1.807) is 0 Å². The zero-order valence-corrected chi connectivity index (χ0v) is 10.7. The Balaban J connectivity index is 1.98. The summed E-state index contributed by atoms with van der Waals surface area (Å²) in [7, 11) is 0. The number of carbonyl (C=O) groups is 1. The zero-order valence-electron chi connectivity index (χ0n) is 9.83. The van der Waals surface area contributed by atoms with Crippen LogP contribution in [0.15, 0.2) is 36.4 Å². The number of quaternary nitrogens is 1. The molecule has 18 heavy (non-hydrogen) atoms. The Labute approximate surface area is 109 Å². The number of aromatic nitrogens is 1. The van der Waals surface area contributed by atoms with Crippen LogP contribution >= 0.6 is 11.8 Å². The Morgan fingerprint density at radius 3 is 2.89 bits per heavy atom. The van der Waals surface area contributed by atoms with Crippen LogP contribution in [0.25, 0.3) is 10.9 Å². The summed E-state index contributed by atoms with van der Waals surface area (Å²) < 4.78 is 0. The summed E-state index contributed by atoms with van der Waals surface area (Å²) in [6, 6.07) is 11.2. The van der Waals surface area contributed by atoms with Gasteiger partial charge in [-0.05, 0) is 12.1 Å². The molecule has 1 heterocycles. The van der Waals surface area contributed by atoms with E-state index in [1.807, 2.05) is 36.4 Å². The number of carboxylic acids is 1. The third-order valence-electron chi connectivity index (χ3n) is 2.56. The molecule has 0 unspecified atom stereocenters. The summed E-state index contributed by atoms with van der Waals surface area (Å²) in [6.45, 7) is 0. The number of hydrogen-bond donors (Lipinski definition) is 1. The predicted octanol–water partition coefficient (Wildman–Crippen LogP) is -0.172. The molecule has 1 atom stereocenters. The van der Waals surface area contributed by atoms with E-state index in [9.17, 15) is 9.90 Å². The highest BCUT2D eigenvalue weighted by Crippen LogP contribution is 2.15. The largest absolute Gasteiger partial charge is 0.544 e. The Morgan fingerprint density at radius 2 is 2.11 bits per heavy atom. The third-order valence-corrected chi connectivity index (χ3v) is 3.70. The topological polar surface area (TPSA) is 80.7 Å². The summed E-state index contributed by atoms with van der Waals surface area (Å²) in [4.78, 5) is 15.0. The smallest absolute Gasteiger partial charge is 0.134 e. The van der Waals surface area contributed by atoms with Gasteiger partial charge in [-0.25, -0.2) is 0 Å². The van der Waals surface area contributed by atoms with Gasteiger partial charge in [0.15, 0.2) is 0 Å². The lowest BCUT2D eigenvalue weighted by Gasteiger charge is -2.08. The molecule has 4 nitrogen and oxygen atoms in total. The summed E-state index contributed by atoms with van der Waals surface area (Å²) in [5.74, 6) is 0.0232. The van der Waals surface area contributed by atoms with Crippen LogP contribution in [0.1, 0.15) is 5.69 Å². The number of benzene rings is 1. The normalized spacial score (nSPS) is 12.5. The van der Waals surface area contributed by atoms with E-state index in [0.29, 0.717) is 11.5 Å². The molecule has 94 valence electrons. The molecule has 0 aliphatic heterocycles. The van der Waals surface area contributed by atoms with Gasteiger partial charge in [0.1, 0.15) is 6.04 Å². The van der Waals surface area contributed by atoms with E-state index < -0.39 is 12.0 Å². The Hall–Kier alpha value is -1.59. The molecule has 5 heteroatoms. The summed E-state index contributed by atoms with van der Waals surface area (Å²) in [5.41, 5.74) is 5.42. The van der Waals surface area contributed by atoms with Gasteiger partial charge >= 0.3 is 0 Å². The highest BCUT2D eigenvalue weighted by atomic mass is 32.2. The molecule has 0 spiro atoms. The third kappa shape index (κ3) is 3.21. The molecular formula is C13H14N2O2S. The van der Waals surface area contributed by atoms with E-state index in [0.717, 1.165) is 16.6 Å². The van der Waals surface area contributed by atoms with Crippen molar-refractivity contribution in [2.75, 3.05) is 5.75 Å². The molecule has 0 saturated carbocycles. The van der Waals surface area contributed by atoms with Gasteiger partial charge in [0, 0.05) is 11.1 Å². The van der Waals surface area contributed by atoms with Crippen LogP contribution in [0, 0.1) is 0 Å². The summed E-state index contributed by atoms with van der Waals surface area (Å²) in [6.07, 6.45) is 0. The number of hydrogen-bond acceptors (Lipinski definition) is 4. The number of pyridine rings is 1. The van der Waals surface area contributed by atoms with Crippen molar-refractivity contribution >= 4 is 28.6 Å². The molecule has 0 radical (unpaired) electrons. The van der Waals surface area contributed by atoms with Crippen molar-refractivity contribution in [3.63, 3.8) is 0 Å². The van der Waals surface area contributed by atoms with Crippen LogP contribution in [0.5, 0.6) is 0 Å². The van der Waals surface area contributed by atoms with Gasteiger partial charge in [0.25, 0.3) is 0 Å². The standard InChI is InChI=1S/C13H14N2O2S/c14-11(13(16)17)8-18-7-10-6-5-9-3-1-2-4-12(9)15-10/h1-6,11H,7-8,14H2,(H,16,17)/t11-/m0/s1. The Kier molecular flexibility index (Phi) is 4.17. The van der Waals surface area contributed by atoms with Crippen molar-refractivity contribution in [3.8, 4) is 0 Å². The number of thioether (sulfide) groups is 1. The molecule has 2 aromatic rings.